The molecule has 11 heteroatoms. The Balaban J connectivity index is 2.28. The van der Waals surface area contributed by atoms with E-state index in [4.69, 9.17) is 0 Å². The van der Waals surface area contributed by atoms with Gasteiger partial charge in [-0.2, -0.15) is 13.2 Å². The molecule has 0 aliphatic rings. The maximum absolute atomic E-state index is 14.3. The summed E-state index contributed by atoms with van der Waals surface area (Å²) >= 11 is 0. The highest BCUT2D eigenvalue weighted by Crippen LogP contribution is 2.30. The molecule has 1 aromatic carbocycles. The van der Waals surface area contributed by atoms with Gasteiger partial charge in [-0.3, -0.25) is 14.2 Å². The molecule has 0 atom stereocenters. The molecule has 0 aliphatic carbocycles. The van der Waals surface area contributed by atoms with Crippen LogP contribution in [-0.4, -0.2) is 27.2 Å². The Kier molecular flexibility index (Phi) is 5.09. The molecule has 0 bridgehead atoms. The average Bonchev–Trinajstić information content (AvgIpc) is 2.61. The molecule has 3 rings (SSSR count). The number of amides is 1. The number of hydrogen-bond donors (Lipinski definition) is 1. The molecule has 30 heavy (non-hydrogen) atoms. The zero-order valence-electron chi connectivity index (χ0n) is 15.4. The molecule has 158 valence electrons. The third kappa shape index (κ3) is 3.62. The first-order chi connectivity index (χ1) is 13.8. The van der Waals surface area contributed by atoms with Crippen molar-refractivity contribution >= 4 is 16.9 Å². The first kappa shape index (κ1) is 21.3. The van der Waals surface area contributed by atoms with Crippen LogP contribution in [0.4, 0.5) is 26.3 Å². The second-order valence-electron chi connectivity index (χ2n) is 6.91. The molecule has 0 unspecified atom stereocenters. The van der Waals surface area contributed by atoms with Crippen LogP contribution in [0.2, 0.25) is 0 Å². The number of carbonyl (C=O) groups excluding carboxylic acids is 1. The van der Waals surface area contributed by atoms with Crippen LogP contribution in [0.3, 0.4) is 0 Å². The monoisotopic (exact) mass is 429 g/mol. The molecule has 0 aliphatic heterocycles. The highest BCUT2D eigenvalue weighted by atomic mass is 19.4. The fourth-order valence-electron chi connectivity index (χ4n) is 2.68. The van der Waals surface area contributed by atoms with Crippen molar-refractivity contribution in [2.24, 2.45) is 0 Å². The molecule has 0 radical (unpaired) electrons. The summed E-state index contributed by atoms with van der Waals surface area (Å²) in [4.78, 5) is 29.0. The normalized spacial score (nSPS) is 12.3. The van der Waals surface area contributed by atoms with Gasteiger partial charge in [0.2, 0.25) is 5.43 Å². The number of nitrogens with zero attached hydrogens (tertiary/aromatic N) is 2. The topological polar surface area (TPSA) is 64.0 Å². The van der Waals surface area contributed by atoms with E-state index in [1.807, 2.05) is 0 Å². The van der Waals surface area contributed by atoms with Crippen LogP contribution in [-0.2, 0) is 0 Å². The van der Waals surface area contributed by atoms with Crippen molar-refractivity contribution in [1.29, 1.82) is 0 Å². The number of halogens is 6. The Morgan fingerprint density at radius 1 is 1.10 bits per heavy atom. The lowest BCUT2D eigenvalue weighted by Crippen LogP contribution is -2.54. The predicted molar refractivity (Wildman–Crippen MR) is 94.8 cm³/mol. The van der Waals surface area contributed by atoms with Crippen molar-refractivity contribution in [2.75, 3.05) is 0 Å². The largest absolute Gasteiger partial charge is 0.410 e. The fraction of sp³-hybridized carbons (Fsp3) is 0.211. The molecular weight excluding hydrogens is 416 g/mol. The second-order valence-corrected chi connectivity index (χ2v) is 6.91. The van der Waals surface area contributed by atoms with Crippen LogP contribution >= 0.6 is 0 Å². The summed E-state index contributed by atoms with van der Waals surface area (Å²) in [6.45, 7) is 1.37. The lowest BCUT2D eigenvalue weighted by Gasteiger charge is -2.28. The van der Waals surface area contributed by atoms with Gasteiger partial charge in [-0.25, -0.2) is 18.2 Å². The van der Waals surface area contributed by atoms with Crippen molar-refractivity contribution in [1.82, 2.24) is 14.9 Å². The van der Waals surface area contributed by atoms with Crippen LogP contribution in [0.25, 0.3) is 16.7 Å². The predicted octanol–water partition coefficient (Wildman–Crippen LogP) is 3.87. The quantitative estimate of drug-likeness (QED) is 0.643. The van der Waals surface area contributed by atoms with Crippen LogP contribution in [0.5, 0.6) is 0 Å². The van der Waals surface area contributed by atoms with Gasteiger partial charge in [-0.1, -0.05) is 0 Å². The summed E-state index contributed by atoms with van der Waals surface area (Å²) in [7, 11) is 0. The molecule has 3 aromatic rings. The van der Waals surface area contributed by atoms with Crippen LogP contribution in [0.1, 0.15) is 24.2 Å². The number of fused-ring (bicyclic) bond motifs is 1. The second kappa shape index (κ2) is 7.15. The molecular formula is C19H13F6N3O2. The number of benzene rings is 1. The number of carbonyl (C=O) groups is 1. The van der Waals surface area contributed by atoms with Crippen molar-refractivity contribution in [3.05, 3.63) is 69.9 Å². The summed E-state index contributed by atoms with van der Waals surface area (Å²) in [5.74, 6) is -5.36. The highest BCUT2D eigenvalue weighted by molar-refractivity contribution is 5.97. The minimum Gasteiger partial charge on any atom is -0.338 e. The smallest absolute Gasteiger partial charge is 0.338 e. The average molecular weight is 429 g/mol. The molecule has 2 heterocycles. The van der Waals surface area contributed by atoms with E-state index in [9.17, 15) is 35.9 Å². The summed E-state index contributed by atoms with van der Waals surface area (Å²) < 4.78 is 81.9. The van der Waals surface area contributed by atoms with E-state index in [1.165, 1.54) is 18.3 Å². The standard InChI is InChI=1S/C19H13F6N3O2/c1-18(2,19(23,24)25)27-17(30)11-8-28(14-12(21)6-9(20)7-13(14)22)16-10(15(11)29)4-3-5-26-16/h3-8H,1-2H3,(H,27,30). The number of hydrogen-bond acceptors (Lipinski definition) is 3. The number of alkyl halides is 3. The first-order valence-electron chi connectivity index (χ1n) is 8.38. The van der Waals surface area contributed by atoms with E-state index in [1.54, 1.807) is 5.32 Å². The summed E-state index contributed by atoms with van der Waals surface area (Å²) in [6.07, 6.45) is -2.97. The zero-order valence-corrected chi connectivity index (χ0v) is 15.4. The Labute approximate surface area is 165 Å². The van der Waals surface area contributed by atoms with Crippen molar-refractivity contribution in [3.8, 4) is 5.69 Å². The fourth-order valence-corrected chi connectivity index (χ4v) is 2.68. The van der Waals surface area contributed by atoms with E-state index >= 15 is 0 Å². The van der Waals surface area contributed by atoms with Gasteiger partial charge < -0.3 is 5.32 Å². The lowest BCUT2D eigenvalue weighted by molar-refractivity contribution is -0.182. The maximum atomic E-state index is 14.3. The van der Waals surface area contributed by atoms with Crippen molar-refractivity contribution in [2.45, 2.75) is 25.6 Å². The van der Waals surface area contributed by atoms with Gasteiger partial charge in [0.25, 0.3) is 5.91 Å². The minimum atomic E-state index is -4.84. The van der Waals surface area contributed by atoms with Gasteiger partial charge >= 0.3 is 6.18 Å². The molecule has 1 amide bonds. The highest BCUT2D eigenvalue weighted by Gasteiger charge is 2.48. The van der Waals surface area contributed by atoms with E-state index in [0.717, 1.165) is 0 Å². The van der Waals surface area contributed by atoms with Crippen molar-refractivity contribution < 1.29 is 31.1 Å². The van der Waals surface area contributed by atoms with Gasteiger partial charge in [-0.15, -0.1) is 0 Å². The van der Waals surface area contributed by atoms with E-state index in [-0.39, 0.29) is 11.0 Å². The van der Waals surface area contributed by atoms with E-state index in [0.29, 0.717) is 36.7 Å². The number of aromatic nitrogens is 2. The molecule has 0 saturated heterocycles. The summed E-state index contributed by atoms with van der Waals surface area (Å²) in [5.41, 5.74) is -5.64. The number of rotatable bonds is 3. The molecule has 0 saturated carbocycles. The molecule has 0 fully saturated rings. The van der Waals surface area contributed by atoms with E-state index in [2.05, 4.69) is 4.98 Å². The van der Waals surface area contributed by atoms with Crippen LogP contribution in [0, 0.1) is 17.5 Å². The van der Waals surface area contributed by atoms with Crippen LogP contribution in [0.15, 0.2) is 41.5 Å². The van der Waals surface area contributed by atoms with Gasteiger partial charge in [0.15, 0.2) is 11.6 Å². The third-order valence-electron chi connectivity index (χ3n) is 4.36. The molecule has 0 spiro atoms. The van der Waals surface area contributed by atoms with Crippen LogP contribution < -0.4 is 10.7 Å². The number of pyridine rings is 2. The van der Waals surface area contributed by atoms with Gasteiger partial charge in [0.1, 0.15) is 28.3 Å². The van der Waals surface area contributed by atoms with Gasteiger partial charge in [0, 0.05) is 24.5 Å². The third-order valence-corrected chi connectivity index (χ3v) is 4.36. The van der Waals surface area contributed by atoms with E-state index < -0.39 is 51.8 Å². The number of nitrogens with one attached hydrogen (secondary N) is 1. The molecule has 2 aromatic heterocycles. The Hall–Kier alpha value is -3.37. The Morgan fingerprint density at radius 3 is 2.27 bits per heavy atom. The maximum Gasteiger partial charge on any atom is 0.410 e. The Bertz CT molecular complexity index is 1190. The summed E-state index contributed by atoms with van der Waals surface area (Å²) in [6, 6.07) is 3.23. The first-order valence-corrected chi connectivity index (χ1v) is 8.38. The molecule has 5 nitrogen and oxygen atoms in total. The van der Waals surface area contributed by atoms with Gasteiger partial charge in [0.05, 0.1) is 5.39 Å². The lowest BCUT2D eigenvalue weighted by atomic mass is 10.0. The zero-order chi connectivity index (χ0) is 22.4. The minimum absolute atomic E-state index is 0.279. The summed E-state index contributed by atoms with van der Waals surface area (Å²) in [5, 5.41) is 1.41. The SMILES string of the molecule is CC(C)(NC(=O)c1cn(-c2c(F)cc(F)cc2F)c2ncccc2c1=O)C(F)(F)F. The molecule has 1 N–H and O–H groups in total. The van der Waals surface area contributed by atoms with Crippen molar-refractivity contribution in [3.63, 3.8) is 0 Å². The Morgan fingerprint density at radius 2 is 1.70 bits per heavy atom. The van der Waals surface area contributed by atoms with Gasteiger partial charge in [-0.05, 0) is 26.0 Å².